The van der Waals surface area contributed by atoms with Crippen molar-refractivity contribution < 1.29 is 18.0 Å². The fourth-order valence-electron chi connectivity index (χ4n) is 4.13. The zero-order valence-electron chi connectivity index (χ0n) is 22.8. The molecule has 9 heteroatoms. The molecule has 0 radical (unpaired) electrons. The highest BCUT2D eigenvalue weighted by Gasteiger charge is 2.33. The second kappa shape index (κ2) is 13.6. The summed E-state index contributed by atoms with van der Waals surface area (Å²) in [6.07, 6.45) is 1.26. The SMILES string of the molecule is CC[C@@H](C)NC(=O)[C@@H](C)N(CCc1ccccc1)C(=O)CN(c1ccccc1C)S(=O)(=O)c1ccc(Cl)cc1. The number of benzene rings is 3. The molecule has 0 aromatic heterocycles. The molecule has 7 nitrogen and oxygen atoms in total. The molecule has 0 unspecified atom stereocenters. The van der Waals surface area contributed by atoms with Crippen LogP contribution in [0.4, 0.5) is 5.69 Å². The van der Waals surface area contributed by atoms with Crippen molar-refractivity contribution in [2.75, 3.05) is 17.4 Å². The van der Waals surface area contributed by atoms with Crippen LogP contribution < -0.4 is 9.62 Å². The van der Waals surface area contributed by atoms with Gasteiger partial charge in [0.15, 0.2) is 0 Å². The molecule has 0 fully saturated rings. The summed E-state index contributed by atoms with van der Waals surface area (Å²) in [7, 11) is -4.13. The smallest absolute Gasteiger partial charge is 0.264 e. The quantitative estimate of drug-likeness (QED) is 0.324. The lowest BCUT2D eigenvalue weighted by molar-refractivity contribution is -0.139. The van der Waals surface area contributed by atoms with Crippen LogP contribution in [-0.4, -0.2) is 50.3 Å². The highest BCUT2D eigenvalue weighted by atomic mass is 35.5. The van der Waals surface area contributed by atoms with E-state index in [9.17, 15) is 18.0 Å². The van der Waals surface area contributed by atoms with Crippen molar-refractivity contribution in [3.05, 3.63) is 95.0 Å². The van der Waals surface area contributed by atoms with E-state index in [4.69, 9.17) is 11.6 Å². The van der Waals surface area contributed by atoms with E-state index in [2.05, 4.69) is 5.32 Å². The Balaban J connectivity index is 1.98. The van der Waals surface area contributed by atoms with Crippen LogP contribution >= 0.6 is 11.6 Å². The highest BCUT2D eigenvalue weighted by Crippen LogP contribution is 2.28. The van der Waals surface area contributed by atoms with Crippen LogP contribution in [0.3, 0.4) is 0 Å². The van der Waals surface area contributed by atoms with Crippen LogP contribution in [0, 0.1) is 6.92 Å². The fourth-order valence-corrected chi connectivity index (χ4v) is 5.73. The number of carbonyl (C=O) groups is 2. The van der Waals surface area contributed by atoms with E-state index < -0.39 is 28.5 Å². The van der Waals surface area contributed by atoms with Crippen LogP contribution in [0.1, 0.15) is 38.3 Å². The van der Waals surface area contributed by atoms with E-state index in [0.717, 1.165) is 16.3 Å². The van der Waals surface area contributed by atoms with Gasteiger partial charge in [-0.2, -0.15) is 0 Å². The van der Waals surface area contributed by atoms with Crippen molar-refractivity contribution in [3.63, 3.8) is 0 Å². The number of amides is 2. The van der Waals surface area contributed by atoms with Gasteiger partial charge >= 0.3 is 0 Å². The van der Waals surface area contributed by atoms with E-state index in [1.54, 1.807) is 38.1 Å². The Morgan fingerprint density at radius 2 is 1.54 bits per heavy atom. The first kappa shape index (κ1) is 30.2. The number of halogens is 1. The first-order chi connectivity index (χ1) is 18.5. The van der Waals surface area contributed by atoms with Gasteiger partial charge in [-0.25, -0.2) is 8.42 Å². The molecule has 0 bridgehead atoms. The Bertz CT molecular complexity index is 1360. The molecule has 0 aliphatic carbocycles. The van der Waals surface area contributed by atoms with Crippen LogP contribution in [0.15, 0.2) is 83.8 Å². The Morgan fingerprint density at radius 1 is 0.923 bits per heavy atom. The average molecular weight is 570 g/mol. The van der Waals surface area contributed by atoms with Gasteiger partial charge in [0.05, 0.1) is 10.6 Å². The first-order valence-corrected chi connectivity index (χ1v) is 14.8. The molecule has 0 saturated heterocycles. The fraction of sp³-hybridized carbons (Fsp3) is 0.333. The molecule has 0 aliphatic heterocycles. The average Bonchev–Trinajstić information content (AvgIpc) is 2.92. The lowest BCUT2D eigenvalue weighted by Gasteiger charge is -2.33. The van der Waals surface area contributed by atoms with Gasteiger partial charge in [0.25, 0.3) is 10.0 Å². The van der Waals surface area contributed by atoms with E-state index in [-0.39, 0.29) is 23.4 Å². The molecule has 3 aromatic carbocycles. The molecule has 2 amide bonds. The molecule has 3 rings (SSSR count). The van der Waals surface area contributed by atoms with E-state index in [0.29, 0.717) is 22.7 Å². The summed E-state index contributed by atoms with van der Waals surface area (Å²) in [5.74, 6) is -0.757. The summed E-state index contributed by atoms with van der Waals surface area (Å²) in [5.41, 5.74) is 2.09. The Labute approximate surface area is 236 Å². The first-order valence-electron chi connectivity index (χ1n) is 13.0. The molecule has 3 aromatic rings. The van der Waals surface area contributed by atoms with E-state index >= 15 is 0 Å². The molecule has 39 heavy (non-hydrogen) atoms. The maximum Gasteiger partial charge on any atom is 0.264 e. The number of aryl methyl sites for hydroxylation is 1. The van der Waals surface area contributed by atoms with Gasteiger partial charge in [-0.3, -0.25) is 13.9 Å². The minimum Gasteiger partial charge on any atom is -0.352 e. The summed E-state index contributed by atoms with van der Waals surface area (Å²) in [6, 6.07) is 21.6. The minimum absolute atomic E-state index is 0.0151. The molecule has 0 heterocycles. The predicted molar refractivity (Wildman–Crippen MR) is 156 cm³/mol. The van der Waals surface area contributed by atoms with Gasteiger partial charge in [-0.1, -0.05) is 67.1 Å². The molecular weight excluding hydrogens is 534 g/mol. The maximum atomic E-state index is 13.9. The molecule has 0 saturated carbocycles. The topological polar surface area (TPSA) is 86.8 Å². The van der Waals surface area contributed by atoms with Gasteiger partial charge in [-0.15, -0.1) is 0 Å². The zero-order chi connectivity index (χ0) is 28.6. The number of para-hydroxylation sites is 1. The Hall–Kier alpha value is -3.36. The Kier molecular flexibility index (Phi) is 10.5. The molecule has 1 N–H and O–H groups in total. The van der Waals surface area contributed by atoms with Crippen LogP contribution in [0.25, 0.3) is 0 Å². The number of rotatable bonds is 12. The number of anilines is 1. The zero-order valence-corrected chi connectivity index (χ0v) is 24.4. The lowest BCUT2D eigenvalue weighted by atomic mass is 10.1. The number of sulfonamides is 1. The Morgan fingerprint density at radius 3 is 2.15 bits per heavy atom. The van der Waals surface area contributed by atoms with Crippen LogP contribution in [0.2, 0.25) is 5.02 Å². The number of hydrogen-bond acceptors (Lipinski definition) is 4. The van der Waals surface area contributed by atoms with Crippen molar-refractivity contribution >= 4 is 39.1 Å². The van der Waals surface area contributed by atoms with E-state index in [1.165, 1.54) is 29.2 Å². The molecular formula is C30H36ClN3O4S. The summed E-state index contributed by atoms with van der Waals surface area (Å²) >= 11 is 6.00. The monoisotopic (exact) mass is 569 g/mol. The van der Waals surface area contributed by atoms with Crippen LogP contribution in [-0.2, 0) is 26.0 Å². The predicted octanol–water partition coefficient (Wildman–Crippen LogP) is 5.22. The van der Waals surface area contributed by atoms with Crippen molar-refractivity contribution in [2.24, 2.45) is 0 Å². The number of hydrogen-bond donors (Lipinski definition) is 1. The van der Waals surface area contributed by atoms with Gasteiger partial charge in [0, 0.05) is 17.6 Å². The van der Waals surface area contributed by atoms with Crippen molar-refractivity contribution in [1.82, 2.24) is 10.2 Å². The van der Waals surface area contributed by atoms with Gasteiger partial charge in [0.2, 0.25) is 11.8 Å². The third kappa shape index (κ3) is 7.83. The molecule has 2 atom stereocenters. The normalized spacial score (nSPS) is 12.8. The van der Waals surface area contributed by atoms with Gasteiger partial charge in [-0.05, 0) is 75.1 Å². The summed E-state index contributed by atoms with van der Waals surface area (Å²) < 4.78 is 28.8. The largest absolute Gasteiger partial charge is 0.352 e. The van der Waals surface area contributed by atoms with Crippen molar-refractivity contribution in [1.29, 1.82) is 0 Å². The highest BCUT2D eigenvalue weighted by molar-refractivity contribution is 7.92. The summed E-state index contributed by atoms with van der Waals surface area (Å²) in [6.45, 7) is 7.12. The third-order valence-corrected chi connectivity index (χ3v) is 8.74. The standard InChI is InChI=1S/C30H36ClN3O4S/c1-5-23(3)32-30(36)24(4)33(20-19-25-12-7-6-8-13-25)29(35)21-34(28-14-10-9-11-22(28)2)39(37,38)27-17-15-26(31)16-18-27/h6-18,23-24H,5,19-21H2,1-4H3,(H,32,36)/t23-,24-/m1/s1. The van der Waals surface area contributed by atoms with Crippen molar-refractivity contribution in [2.45, 2.75) is 57.5 Å². The number of carbonyl (C=O) groups excluding carboxylic acids is 2. The number of nitrogens with zero attached hydrogens (tertiary/aromatic N) is 2. The lowest BCUT2D eigenvalue weighted by Crippen LogP contribution is -2.53. The minimum atomic E-state index is -4.13. The third-order valence-electron chi connectivity index (χ3n) is 6.72. The van der Waals surface area contributed by atoms with E-state index in [1.807, 2.05) is 44.2 Å². The summed E-state index contributed by atoms with van der Waals surface area (Å²) in [5, 5.41) is 3.34. The number of nitrogens with one attached hydrogen (secondary N) is 1. The van der Waals surface area contributed by atoms with Gasteiger partial charge < -0.3 is 10.2 Å². The second-order valence-corrected chi connectivity index (χ2v) is 11.9. The molecule has 208 valence electrons. The summed E-state index contributed by atoms with van der Waals surface area (Å²) in [4.78, 5) is 28.5. The second-order valence-electron chi connectivity index (χ2n) is 9.57. The molecule has 0 spiro atoms. The van der Waals surface area contributed by atoms with Gasteiger partial charge in [0.1, 0.15) is 12.6 Å². The molecule has 0 aliphatic rings. The maximum absolute atomic E-state index is 13.9. The van der Waals surface area contributed by atoms with Crippen molar-refractivity contribution in [3.8, 4) is 0 Å². The van der Waals surface area contributed by atoms with Crippen LogP contribution in [0.5, 0.6) is 0 Å².